The van der Waals surface area contributed by atoms with E-state index < -0.39 is 0 Å². The molecule has 3 nitrogen and oxygen atoms in total. The third-order valence-electron chi connectivity index (χ3n) is 2.78. The van der Waals surface area contributed by atoms with E-state index in [4.69, 9.17) is 5.26 Å². The van der Waals surface area contributed by atoms with Gasteiger partial charge in [-0.25, -0.2) is 4.98 Å². The SMILES string of the molecule is CCn1cnc2cc(CCCC#N)ccc21. The fraction of sp³-hybridized carbons (Fsp3) is 0.385. The maximum absolute atomic E-state index is 8.49. The Bertz CT molecular complexity index is 519. The number of imidazole rings is 1. The topological polar surface area (TPSA) is 41.6 Å². The van der Waals surface area contributed by atoms with Crippen LogP contribution in [0.1, 0.15) is 25.3 Å². The van der Waals surface area contributed by atoms with E-state index >= 15 is 0 Å². The molecule has 0 radical (unpaired) electrons. The van der Waals surface area contributed by atoms with Crippen LogP contribution in [0.25, 0.3) is 11.0 Å². The molecule has 1 heterocycles. The van der Waals surface area contributed by atoms with Gasteiger partial charge in [0.25, 0.3) is 0 Å². The normalized spacial score (nSPS) is 10.5. The van der Waals surface area contributed by atoms with Gasteiger partial charge in [-0.2, -0.15) is 5.26 Å². The van der Waals surface area contributed by atoms with Crippen molar-refractivity contribution >= 4 is 11.0 Å². The summed E-state index contributed by atoms with van der Waals surface area (Å²) in [6, 6.07) is 8.54. The quantitative estimate of drug-likeness (QED) is 0.733. The number of fused-ring (bicyclic) bond motifs is 1. The number of aromatic nitrogens is 2. The highest BCUT2D eigenvalue weighted by Gasteiger charge is 2.02. The summed E-state index contributed by atoms with van der Waals surface area (Å²) in [5, 5.41) is 8.49. The number of hydrogen-bond donors (Lipinski definition) is 0. The number of nitriles is 1. The molecular formula is C13H15N3. The van der Waals surface area contributed by atoms with Gasteiger partial charge in [-0.05, 0) is 37.5 Å². The minimum Gasteiger partial charge on any atom is -0.331 e. The largest absolute Gasteiger partial charge is 0.331 e. The molecule has 0 fully saturated rings. The van der Waals surface area contributed by atoms with Gasteiger partial charge in [0.1, 0.15) is 0 Å². The minimum atomic E-state index is 0.626. The molecule has 0 amide bonds. The van der Waals surface area contributed by atoms with E-state index in [1.165, 1.54) is 11.1 Å². The third-order valence-corrected chi connectivity index (χ3v) is 2.78. The summed E-state index contributed by atoms with van der Waals surface area (Å²) in [4.78, 5) is 4.38. The standard InChI is InChI=1S/C13H15N3/c1-2-16-10-15-12-9-11(5-3-4-8-14)6-7-13(12)16/h6-7,9-10H,2-5H2,1H3. The van der Waals surface area contributed by atoms with E-state index in [0.29, 0.717) is 6.42 Å². The van der Waals surface area contributed by atoms with Crippen molar-refractivity contribution in [1.29, 1.82) is 5.26 Å². The Balaban J connectivity index is 2.21. The smallest absolute Gasteiger partial charge is 0.0958 e. The van der Waals surface area contributed by atoms with Crippen molar-refractivity contribution in [1.82, 2.24) is 9.55 Å². The molecule has 0 spiro atoms. The summed E-state index contributed by atoms with van der Waals surface area (Å²) >= 11 is 0. The van der Waals surface area contributed by atoms with Crippen LogP contribution >= 0.6 is 0 Å². The molecule has 1 aromatic carbocycles. The molecule has 82 valence electrons. The van der Waals surface area contributed by atoms with E-state index in [9.17, 15) is 0 Å². The first-order valence-corrected chi connectivity index (χ1v) is 5.66. The second-order valence-electron chi connectivity index (χ2n) is 3.87. The van der Waals surface area contributed by atoms with Gasteiger partial charge < -0.3 is 4.57 Å². The van der Waals surface area contributed by atoms with Gasteiger partial charge in [0.15, 0.2) is 0 Å². The summed E-state index contributed by atoms with van der Waals surface area (Å²) in [6.45, 7) is 3.06. The molecule has 2 aromatic rings. The van der Waals surface area contributed by atoms with Gasteiger partial charge >= 0.3 is 0 Å². The Hall–Kier alpha value is -1.82. The Labute approximate surface area is 95.3 Å². The average molecular weight is 213 g/mol. The van der Waals surface area contributed by atoms with Crippen molar-refractivity contribution in [2.75, 3.05) is 0 Å². The Morgan fingerprint density at radius 1 is 1.44 bits per heavy atom. The minimum absolute atomic E-state index is 0.626. The van der Waals surface area contributed by atoms with Gasteiger partial charge in [0, 0.05) is 13.0 Å². The van der Waals surface area contributed by atoms with Gasteiger partial charge in [0.2, 0.25) is 0 Å². The molecule has 0 aliphatic rings. The Kier molecular flexibility index (Phi) is 3.21. The van der Waals surface area contributed by atoms with Crippen molar-refractivity contribution in [3.63, 3.8) is 0 Å². The van der Waals surface area contributed by atoms with E-state index in [0.717, 1.165) is 24.9 Å². The molecule has 0 atom stereocenters. The van der Waals surface area contributed by atoms with Crippen molar-refractivity contribution < 1.29 is 0 Å². The third kappa shape index (κ3) is 2.06. The molecule has 0 aliphatic carbocycles. The average Bonchev–Trinajstić information content (AvgIpc) is 2.71. The predicted molar refractivity (Wildman–Crippen MR) is 64.0 cm³/mol. The second kappa shape index (κ2) is 4.80. The molecular weight excluding hydrogens is 198 g/mol. The van der Waals surface area contributed by atoms with Crippen LogP contribution in [0.15, 0.2) is 24.5 Å². The van der Waals surface area contributed by atoms with Gasteiger partial charge in [0.05, 0.1) is 23.4 Å². The van der Waals surface area contributed by atoms with Gasteiger partial charge in [-0.15, -0.1) is 0 Å². The highest BCUT2D eigenvalue weighted by Crippen LogP contribution is 2.16. The first-order chi connectivity index (χ1) is 7.85. The van der Waals surface area contributed by atoms with E-state index in [1.807, 2.05) is 6.33 Å². The number of aryl methyl sites for hydroxylation is 2. The highest BCUT2D eigenvalue weighted by molar-refractivity contribution is 5.76. The lowest BCUT2D eigenvalue weighted by molar-refractivity contribution is 0.787. The lowest BCUT2D eigenvalue weighted by Gasteiger charge is -2.01. The molecule has 0 aliphatic heterocycles. The van der Waals surface area contributed by atoms with Crippen molar-refractivity contribution in [3.8, 4) is 6.07 Å². The molecule has 2 rings (SSSR count). The van der Waals surface area contributed by atoms with E-state index in [2.05, 4.69) is 40.7 Å². The summed E-state index contributed by atoms with van der Waals surface area (Å²) in [5.74, 6) is 0. The molecule has 16 heavy (non-hydrogen) atoms. The lowest BCUT2D eigenvalue weighted by atomic mass is 10.1. The van der Waals surface area contributed by atoms with Crippen LogP contribution in [-0.2, 0) is 13.0 Å². The van der Waals surface area contributed by atoms with Crippen LogP contribution < -0.4 is 0 Å². The summed E-state index contributed by atoms with van der Waals surface area (Å²) in [5.41, 5.74) is 3.51. The lowest BCUT2D eigenvalue weighted by Crippen LogP contribution is -1.91. The number of hydrogen-bond acceptors (Lipinski definition) is 2. The van der Waals surface area contributed by atoms with Crippen LogP contribution in [0.4, 0.5) is 0 Å². The molecule has 0 saturated heterocycles. The monoisotopic (exact) mass is 213 g/mol. The summed E-state index contributed by atoms with van der Waals surface area (Å²) in [6.07, 6.45) is 4.39. The fourth-order valence-corrected chi connectivity index (χ4v) is 1.89. The summed E-state index contributed by atoms with van der Waals surface area (Å²) in [7, 11) is 0. The second-order valence-corrected chi connectivity index (χ2v) is 3.87. The highest BCUT2D eigenvalue weighted by atomic mass is 15.0. The predicted octanol–water partition coefficient (Wildman–Crippen LogP) is 2.90. The van der Waals surface area contributed by atoms with Crippen LogP contribution in [0.3, 0.4) is 0 Å². The molecule has 0 unspecified atom stereocenters. The summed E-state index contributed by atoms with van der Waals surface area (Å²) < 4.78 is 2.13. The number of unbranched alkanes of at least 4 members (excludes halogenated alkanes) is 1. The van der Waals surface area contributed by atoms with Crippen molar-refractivity contribution in [2.24, 2.45) is 0 Å². The van der Waals surface area contributed by atoms with Crippen molar-refractivity contribution in [2.45, 2.75) is 32.7 Å². The maximum Gasteiger partial charge on any atom is 0.0958 e. The van der Waals surface area contributed by atoms with E-state index in [-0.39, 0.29) is 0 Å². The fourth-order valence-electron chi connectivity index (χ4n) is 1.89. The molecule has 0 bridgehead atoms. The first-order valence-electron chi connectivity index (χ1n) is 5.66. The first kappa shape index (κ1) is 10.7. The molecule has 1 aromatic heterocycles. The van der Waals surface area contributed by atoms with Gasteiger partial charge in [-0.3, -0.25) is 0 Å². The Morgan fingerprint density at radius 2 is 2.31 bits per heavy atom. The zero-order valence-corrected chi connectivity index (χ0v) is 9.48. The van der Waals surface area contributed by atoms with Crippen LogP contribution in [-0.4, -0.2) is 9.55 Å². The number of nitrogens with zero attached hydrogens (tertiary/aromatic N) is 3. The number of benzene rings is 1. The Morgan fingerprint density at radius 3 is 3.06 bits per heavy atom. The van der Waals surface area contributed by atoms with Crippen LogP contribution in [0, 0.1) is 11.3 Å². The number of rotatable bonds is 4. The maximum atomic E-state index is 8.49. The molecule has 0 N–H and O–H groups in total. The zero-order valence-electron chi connectivity index (χ0n) is 9.48. The van der Waals surface area contributed by atoms with Crippen molar-refractivity contribution in [3.05, 3.63) is 30.1 Å². The van der Waals surface area contributed by atoms with Crippen LogP contribution in [0.5, 0.6) is 0 Å². The molecule has 3 heteroatoms. The van der Waals surface area contributed by atoms with Crippen LogP contribution in [0.2, 0.25) is 0 Å². The molecule has 0 saturated carbocycles. The van der Waals surface area contributed by atoms with E-state index in [1.54, 1.807) is 0 Å². The van der Waals surface area contributed by atoms with Gasteiger partial charge in [-0.1, -0.05) is 6.07 Å². The zero-order chi connectivity index (χ0) is 11.4.